The van der Waals surface area contributed by atoms with Crippen LogP contribution in [0, 0.1) is 0 Å². The Bertz CT molecular complexity index is 827. The Hall–Kier alpha value is -2.95. The van der Waals surface area contributed by atoms with Crippen molar-refractivity contribution in [1.82, 2.24) is 19.7 Å². The molecule has 3 heterocycles. The van der Waals surface area contributed by atoms with E-state index in [2.05, 4.69) is 10.1 Å². The Morgan fingerprint density at radius 3 is 2.57 bits per heavy atom. The van der Waals surface area contributed by atoms with Crippen LogP contribution in [0.4, 0.5) is 0 Å². The lowest BCUT2D eigenvalue weighted by Gasteiger charge is -2.27. The van der Waals surface area contributed by atoms with Gasteiger partial charge in [-0.3, -0.25) is 14.5 Å². The van der Waals surface area contributed by atoms with Gasteiger partial charge in [0.2, 0.25) is 0 Å². The van der Waals surface area contributed by atoms with Crippen LogP contribution in [0.2, 0.25) is 0 Å². The van der Waals surface area contributed by atoms with E-state index in [0.717, 1.165) is 22.6 Å². The van der Waals surface area contributed by atoms with Crippen molar-refractivity contribution in [2.24, 2.45) is 0 Å². The number of pyridine rings is 1. The highest BCUT2D eigenvalue weighted by Crippen LogP contribution is 2.21. The van der Waals surface area contributed by atoms with Gasteiger partial charge < -0.3 is 4.90 Å². The molecule has 0 unspecified atom stereocenters. The zero-order chi connectivity index (χ0) is 15.6. The van der Waals surface area contributed by atoms with Crippen LogP contribution in [0.1, 0.15) is 16.1 Å². The number of benzene rings is 1. The summed E-state index contributed by atoms with van der Waals surface area (Å²) in [4.78, 5) is 18.8. The number of hydrogen-bond acceptors (Lipinski definition) is 3. The monoisotopic (exact) mass is 304 g/mol. The van der Waals surface area contributed by atoms with Gasteiger partial charge in [-0.1, -0.05) is 24.3 Å². The molecule has 0 radical (unpaired) electrons. The van der Waals surface area contributed by atoms with Crippen molar-refractivity contribution < 1.29 is 4.79 Å². The van der Waals surface area contributed by atoms with Crippen molar-refractivity contribution in [1.29, 1.82) is 0 Å². The van der Waals surface area contributed by atoms with Crippen molar-refractivity contribution in [3.05, 3.63) is 72.1 Å². The maximum atomic E-state index is 12.6. The topological polar surface area (TPSA) is 51.0 Å². The van der Waals surface area contributed by atoms with Crippen LogP contribution in [-0.4, -0.2) is 32.1 Å². The second kappa shape index (κ2) is 5.68. The lowest BCUT2D eigenvalue weighted by Crippen LogP contribution is -2.38. The third-order valence-corrected chi connectivity index (χ3v) is 4.03. The fourth-order valence-corrected chi connectivity index (χ4v) is 2.84. The largest absolute Gasteiger partial charge is 0.331 e. The van der Waals surface area contributed by atoms with E-state index in [-0.39, 0.29) is 5.91 Å². The average molecular weight is 304 g/mol. The first kappa shape index (κ1) is 13.7. The number of carbonyl (C=O) groups is 1. The Balaban J connectivity index is 1.58. The third kappa shape index (κ3) is 2.61. The van der Waals surface area contributed by atoms with E-state index in [1.807, 2.05) is 64.2 Å². The van der Waals surface area contributed by atoms with E-state index in [1.165, 1.54) is 0 Å². The van der Waals surface area contributed by atoms with Gasteiger partial charge in [-0.25, -0.2) is 0 Å². The molecule has 3 aromatic rings. The van der Waals surface area contributed by atoms with E-state index in [4.69, 9.17) is 0 Å². The second-order valence-corrected chi connectivity index (χ2v) is 5.55. The highest BCUT2D eigenvalue weighted by molar-refractivity contribution is 5.94. The first-order valence-electron chi connectivity index (χ1n) is 7.64. The number of aromatic nitrogens is 3. The smallest absolute Gasteiger partial charge is 0.254 e. The zero-order valence-corrected chi connectivity index (χ0v) is 12.6. The fourth-order valence-electron chi connectivity index (χ4n) is 2.84. The Morgan fingerprint density at radius 1 is 0.957 bits per heavy atom. The van der Waals surface area contributed by atoms with Crippen molar-refractivity contribution in [3.8, 4) is 11.4 Å². The van der Waals surface area contributed by atoms with Gasteiger partial charge in [0.1, 0.15) is 5.69 Å². The van der Waals surface area contributed by atoms with Crippen LogP contribution < -0.4 is 0 Å². The molecular formula is C18H16N4O. The predicted octanol–water partition coefficient (Wildman–Crippen LogP) is 2.60. The molecule has 23 heavy (non-hydrogen) atoms. The summed E-state index contributed by atoms with van der Waals surface area (Å²) in [6.45, 7) is 1.96. The summed E-state index contributed by atoms with van der Waals surface area (Å²) in [5.74, 6) is 0.0671. The van der Waals surface area contributed by atoms with Crippen LogP contribution in [-0.2, 0) is 13.1 Å². The molecular weight excluding hydrogens is 288 g/mol. The molecule has 1 aliphatic rings. The summed E-state index contributed by atoms with van der Waals surface area (Å²) in [7, 11) is 0. The number of hydrogen-bond donors (Lipinski definition) is 0. The van der Waals surface area contributed by atoms with E-state index >= 15 is 0 Å². The van der Waals surface area contributed by atoms with Gasteiger partial charge in [-0.2, -0.15) is 5.10 Å². The molecule has 5 heteroatoms. The van der Waals surface area contributed by atoms with Gasteiger partial charge in [0.05, 0.1) is 24.5 Å². The number of nitrogens with zero attached hydrogens (tertiary/aromatic N) is 4. The molecule has 1 aliphatic heterocycles. The quantitative estimate of drug-likeness (QED) is 0.731. The minimum Gasteiger partial charge on any atom is -0.331 e. The van der Waals surface area contributed by atoms with E-state index in [1.54, 1.807) is 6.20 Å². The molecule has 0 saturated heterocycles. The van der Waals surface area contributed by atoms with E-state index < -0.39 is 0 Å². The predicted molar refractivity (Wildman–Crippen MR) is 86.6 cm³/mol. The first-order chi connectivity index (χ1) is 11.3. The normalized spacial score (nSPS) is 13.7. The highest BCUT2D eigenvalue weighted by Gasteiger charge is 2.23. The highest BCUT2D eigenvalue weighted by atomic mass is 16.2. The number of carbonyl (C=O) groups excluding carboxylic acids is 1. The van der Waals surface area contributed by atoms with Gasteiger partial charge in [0, 0.05) is 18.3 Å². The van der Waals surface area contributed by atoms with E-state index in [9.17, 15) is 4.79 Å². The molecule has 0 spiro atoms. The minimum atomic E-state index is 0.0671. The summed E-state index contributed by atoms with van der Waals surface area (Å²) in [5, 5.41) is 4.60. The molecule has 114 valence electrons. The molecule has 4 rings (SSSR count). The molecule has 5 nitrogen and oxygen atoms in total. The van der Waals surface area contributed by atoms with Crippen LogP contribution >= 0.6 is 0 Å². The van der Waals surface area contributed by atoms with Gasteiger partial charge in [0.25, 0.3) is 5.91 Å². The molecule has 0 saturated carbocycles. The van der Waals surface area contributed by atoms with Gasteiger partial charge in [-0.15, -0.1) is 0 Å². The van der Waals surface area contributed by atoms with Crippen molar-refractivity contribution in [2.75, 3.05) is 6.54 Å². The SMILES string of the molecule is O=C(c1ccccc1)N1CCn2nc(-c3ccccn3)cc2C1. The van der Waals surface area contributed by atoms with Crippen LogP contribution in [0.25, 0.3) is 11.4 Å². The fraction of sp³-hybridized carbons (Fsp3) is 0.167. The van der Waals surface area contributed by atoms with Gasteiger partial charge >= 0.3 is 0 Å². The van der Waals surface area contributed by atoms with Crippen molar-refractivity contribution in [2.45, 2.75) is 13.1 Å². The third-order valence-electron chi connectivity index (χ3n) is 4.03. The first-order valence-corrected chi connectivity index (χ1v) is 7.64. The second-order valence-electron chi connectivity index (χ2n) is 5.55. The Kier molecular flexibility index (Phi) is 3.38. The van der Waals surface area contributed by atoms with Crippen LogP contribution in [0.5, 0.6) is 0 Å². The summed E-state index contributed by atoms with van der Waals surface area (Å²) < 4.78 is 1.97. The van der Waals surface area contributed by atoms with Gasteiger partial charge in [0.15, 0.2) is 0 Å². The van der Waals surface area contributed by atoms with Crippen LogP contribution in [0.3, 0.4) is 0 Å². The minimum absolute atomic E-state index is 0.0671. The standard InChI is InChI=1S/C18H16N4O/c23-18(14-6-2-1-3-7-14)21-10-11-22-15(13-21)12-17(20-22)16-8-4-5-9-19-16/h1-9,12H,10-11,13H2. The molecule has 2 aromatic heterocycles. The lowest BCUT2D eigenvalue weighted by atomic mass is 10.1. The van der Waals surface area contributed by atoms with Crippen molar-refractivity contribution in [3.63, 3.8) is 0 Å². The maximum absolute atomic E-state index is 12.6. The zero-order valence-electron chi connectivity index (χ0n) is 12.6. The molecule has 0 N–H and O–H groups in total. The molecule has 0 aliphatic carbocycles. The molecule has 1 amide bonds. The van der Waals surface area contributed by atoms with Crippen LogP contribution in [0.15, 0.2) is 60.8 Å². The summed E-state index contributed by atoms with van der Waals surface area (Å²) in [6, 6.07) is 17.2. The number of fused-ring (bicyclic) bond motifs is 1. The molecule has 0 fully saturated rings. The number of amides is 1. The van der Waals surface area contributed by atoms with E-state index in [0.29, 0.717) is 19.6 Å². The Labute approximate surface area is 134 Å². The number of rotatable bonds is 2. The lowest BCUT2D eigenvalue weighted by molar-refractivity contribution is 0.0706. The molecule has 0 atom stereocenters. The summed E-state index contributed by atoms with van der Waals surface area (Å²) >= 11 is 0. The average Bonchev–Trinajstić information content (AvgIpc) is 3.06. The Morgan fingerprint density at radius 2 is 1.78 bits per heavy atom. The van der Waals surface area contributed by atoms with Gasteiger partial charge in [-0.05, 0) is 30.3 Å². The maximum Gasteiger partial charge on any atom is 0.254 e. The molecule has 0 bridgehead atoms. The summed E-state index contributed by atoms with van der Waals surface area (Å²) in [5.41, 5.74) is 3.48. The summed E-state index contributed by atoms with van der Waals surface area (Å²) in [6.07, 6.45) is 1.76. The molecule has 1 aromatic carbocycles. The van der Waals surface area contributed by atoms with Crippen molar-refractivity contribution >= 4 is 5.91 Å².